The van der Waals surface area contributed by atoms with Gasteiger partial charge in [-0.25, -0.2) is 5.11 Å². The third kappa shape index (κ3) is 2.36. The van der Waals surface area contributed by atoms with Crippen molar-refractivity contribution in [3.05, 3.63) is 35.9 Å². The molecular weight excluding hydrogens is 172 g/mol. The van der Waals surface area contributed by atoms with Gasteiger partial charge in [0, 0.05) is 6.42 Å². The average molecular weight is 189 g/mol. The van der Waals surface area contributed by atoms with Crippen LogP contribution in [-0.4, -0.2) is 5.60 Å². The van der Waals surface area contributed by atoms with E-state index in [9.17, 15) is 5.11 Å². The molecule has 0 spiro atoms. The molecule has 1 saturated carbocycles. The SMILES string of the molecule is [O]C1(Cc2ccccc2)CCCCC1. The molecule has 1 aromatic rings. The van der Waals surface area contributed by atoms with Gasteiger partial charge < -0.3 is 0 Å². The fourth-order valence-corrected chi connectivity index (χ4v) is 2.34. The molecule has 1 radical (unpaired) electrons. The molecule has 0 unspecified atom stereocenters. The lowest BCUT2D eigenvalue weighted by molar-refractivity contribution is -0.0576. The van der Waals surface area contributed by atoms with Crippen LogP contribution in [0.15, 0.2) is 30.3 Å². The summed E-state index contributed by atoms with van der Waals surface area (Å²) < 4.78 is 0. The summed E-state index contributed by atoms with van der Waals surface area (Å²) in [6.07, 6.45) is 5.93. The predicted molar refractivity (Wildman–Crippen MR) is 56.6 cm³/mol. The molecule has 2 rings (SSSR count). The van der Waals surface area contributed by atoms with E-state index in [1.807, 2.05) is 18.2 Å². The van der Waals surface area contributed by atoms with Gasteiger partial charge in [-0.15, -0.1) is 0 Å². The highest BCUT2D eigenvalue weighted by atomic mass is 16.3. The van der Waals surface area contributed by atoms with E-state index >= 15 is 0 Å². The molecule has 75 valence electrons. The van der Waals surface area contributed by atoms with Gasteiger partial charge in [0.05, 0.1) is 0 Å². The van der Waals surface area contributed by atoms with E-state index in [4.69, 9.17) is 0 Å². The fraction of sp³-hybridized carbons (Fsp3) is 0.538. The Hall–Kier alpha value is -0.820. The largest absolute Gasteiger partial charge is 0.229 e. The first-order valence-corrected chi connectivity index (χ1v) is 5.53. The maximum atomic E-state index is 12.3. The van der Waals surface area contributed by atoms with Crippen LogP contribution in [0.25, 0.3) is 0 Å². The minimum Gasteiger partial charge on any atom is -0.229 e. The smallest absolute Gasteiger partial charge is 0.108 e. The van der Waals surface area contributed by atoms with Crippen LogP contribution in [0.4, 0.5) is 0 Å². The van der Waals surface area contributed by atoms with Crippen molar-refractivity contribution in [2.75, 3.05) is 0 Å². The molecule has 1 aliphatic rings. The minimum absolute atomic E-state index is 0.667. The summed E-state index contributed by atoms with van der Waals surface area (Å²) in [7, 11) is 0. The van der Waals surface area contributed by atoms with Crippen LogP contribution in [0.2, 0.25) is 0 Å². The first kappa shape index (κ1) is 9.72. The van der Waals surface area contributed by atoms with Gasteiger partial charge in [0.1, 0.15) is 5.60 Å². The van der Waals surface area contributed by atoms with Gasteiger partial charge in [-0.05, 0) is 18.4 Å². The molecule has 0 bridgehead atoms. The van der Waals surface area contributed by atoms with Gasteiger partial charge in [-0.1, -0.05) is 49.6 Å². The third-order valence-electron chi connectivity index (χ3n) is 3.13. The second-order valence-corrected chi connectivity index (χ2v) is 4.41. The lowest BCUT2D eigenvalue weighted by Gasteiger charge is -2.29. The van der Waals surface area contributed by atoms with Crippen molar-refractivity contribution in [3.63, 3.8) is 0 Å². The van der Waals surface area contributed by atoms with E-state index in [2.05, 4.69) is 12.1 Å². The molecule has 0 N–H and O–H groups in total. The van der Waals surface area contributed by atoms with Gasteiger partial charge in [-0.3, -0.25) is 0 Å². The number of hydrogen-bond acceptors (Lipinski definition) is 0. The van der Waals surface area contributed by atoms with Crippen molar-refractivity contribution in [3.8, 4) is 0 Å². The molecule has 0 aliphatic heterocycles. The van der Waals surface area contributed by atoms with Crippen molar-refractivity contribution in [1.29, 1.82) is 0 Å². The lowest BCUT2D eigenvalue weighted by Crippen LogP contribution is -2.32. The average Bonchev–Trinajstić information content (AvgIpc) is 2.19. The zero-order valence-electron chi connectivity index (χ0n) is 8.54. The fourth-order valence-electron chi connectivity index (χ4n) is 2.34. The summed E-state index contributed by atoms with van der Waals surface area (Å²) in [5, 5.41) is 12.3. The molecule has 1 fully saturated rings. The molecule has 0 aromatic heterocycles. The van der Waals surface area contributed by atoms with E-state index in [-0.39, 0.29) is 0 Å². The summed E-state index contributed by atoms with van der Waals surface area (Å²) in [6.45, 7) is 0. The Morgan fingerprint density at radius 2 is 1.64 bits per heavy atom. The maximum Gasteiger partial charge on any atom is 0.108 e. The Morgan fingerprint density at radius 1 is 1.00 bits per heavy atom. The monoisotopic (exact) mass is 189 g/mol. The third-order valence-corrected chi connectivity index (χ3v) is 3.13. The van der Waals surface area contributed by atoms with E-state index in [1.165, 1.54) is 12.0 Å². The van der Waals surface area contributed by atoms with Gasteiger partial charge in [-0.2, -0.15) is 0 Å². The minimum atomic E-state index is -0.667. The molecular formula is C13H17O. The second kappa shape index (κ2) is 4.14. The van der Waals surface area contributed by atoms with Crippen LogP contribution < -0.4 is 0 Å². The van der Waals surface area contributed by atoms with Gasteiger partial charge >= 0.3 is 0 Å². The Bertz CT molecular complexity index is 273. The topological polar surface area (TPSA) is 19.9 Å². The summed E-state index contributed by atoms with van der Waals surface area (Å²) in [6, 6.07) is 10.2. The van der Waals surface area contributed by atoms with E-state index in [1.54, 1.807) is 0 Å². The molecule has 0 atom stereocenters. The quantitative estimate of drug-likeness (QED) is 0.680. The number of benzene rings is 1. The molecule has 0 amide bonds. The van der Waals surface area contributed by atoms with Gasteiger partial charge in [0.2, 0.25) is 0 Å². The zero-order chi connectivity index (χ0) is 9.86. The number of hydrogen-bond donors (Lipinski definition) is 0. The Labute approximate surface area is 85.8 Å². The molecule has 1 nitrogen and oxygen atoms in total. The lowest BCUT2D eigenvalue weighted by atomic mass is 9.80. The van der Waals surface area contributed by atoms with E-state index in [0.717, 1.165) is 25.7 Å². The Morgan fingerprint density at radius 3 is 2.29 bits per heavy atom. The predicted octanol–water partition coefficient (Wildman–Crippen LogP) is 3.36. The van der Waals surface area contributed by atoms with Crippen LogP contribution >= 0.6 is 0 Å². The van der Waals surface area contributed by atoms with Crippen molar-refractivity contribution < 1.29 is 5.11 Å². The van der Waals surface area contributed by atoms with Crippen molar-refractivity contribution in [2.24, 2.45) is 0 Å². The number of rotatable bonds is 2. The standard InChI is InChI=1S/C13H17O/c14-13(9-5-2-6-10-13)11-12-7-3-1-4-8-12/h1,3-4,7-8H,2,5-6,9-11H2. The molecule has 0 saturated heterocycles. The van der Waals surface area contributed by atoms with Crippen molar-refractivity contribution in [1.82, 2.24) is 0 Å². The van der Waals surface area contributed by atoms with Crippen LogP contribution in [0.5, 0.6) is 0 Å². The Balaban J connectivity index is 2.02. The van der Waals surface area contributed by atoms with Crippen LogP contribution in [-0.2, 0) is 11.5 Å². The highest BCUT2D eigenvalue weighted by Gasteiger charge is 2.31. The molecule has 1 aromatic carbocycles. The van der Waals surface area contributed by atoms with Crippen LogP contribution in [0, 0.1) is 0 Å². The zero-order valence-corrected chi connectivity index (χ0v) is 8.54. The molecule has 14 heavy (non-hydrogen) atoms. The van der Waals surface area contributed by atoms with Crippen molar-refractivity contribution >= 4 is 0 Å². The van der Waals surface area contributed by atoms with E-state index in [0.29, 0.717) is 6.42 Å². The molecule has 1 heteroatoms. The highest BCUT2D eigenvalue weighted by molar-refractivity contribution is 5.17. The van der Waals surface area contributed by atoms with Gasteiger partial charge in [0.25, 0.3) is 0 Å². The van der Waals surface area contributed by atoms with Gasteiger partial charge in [0.15, 0.2) is 0 Å². The summed E-state index contributed by atoms with van der Waals surface area (Å²) in [5.74, 6) is 0. The van der Waals surface area contributed by atoms with Crippen LogP contribution in [0.3, 0.4) is 0 Å². The Kier molecular flexibility index (Phi) is 2.87. The molecule has 0 heterocycles. The highest BCUT2D eigenvalue weighted by Crippen LogP contribution is 2.31. The summed E-state index contributed by atoms with van der Waals surface area (Å²) >= 11 is 0. The van der Waals surface area contributed by atoms with Crippen molar-refractivity contribution in [2.45, 2.75) is 44.1 Å². The normalized spacial score (nSPS) is 20.6. The maximum absolute atomic E-state index is 12.3. The summed E-state index contributed by atoms with van der Waals surface area (Å²) in [4.78, 5) is 0. The first-order chi connectivity index (χ1) is 6.79. The second-order valence-electron chi connectivity index (χ2n) is 4.41. The first-order valence-electron chi connectivity index (χ1n) is 5.53. The summed E-state index contributed by atoms with van der Waals surface area (Å²) in [5.41, 5.74) is 0.531. The van der Waals surface area contributed by atoms with Crippen LogP contribution in [0.1, 0.15) is 37.7 Å². The van der Waals surface area contributed by atoms with E-state index < -0.39 is 5.60 Å². The molecule has 1 aliphatic carbocycles.